The Balaban J connectivity index is 1.60. The van der Waals surface area contributed by atoms with Gasteiger partial charge in [0.05, 0.1) is 19.9 Å². The van der Waals surface area contributed by atoms with E-state index in [0.29, 0.717) is 0 Å². The smallest absolute Gasteiger partial charge is 0.260 e. The van der Waals surface area contributed by atoms with Crippen LogP contribution in [0.25, 0.3) is 20.3 Å². The molecule has 1 aromatic carbocycles. The van der Waals surface area contributed by atoms with Gasteiger partial charge in [0.15, 0.2) is 6.61 Å². The Morgan fingerprint density at radius 3 is 3.04 bits per heavy atom. The van der Waals surface area contributed by atoms with Gasteiger partial charge in [0.1, 0.15) is 5.75 Å². The van der Waals surface area contributed by atoms with Gasteiger partial charge < -0.3 is 9.64 Å². The van der Waals surface area contributed by atoms with Gasteiger partial charge in [0, 0.05) is 36.0 Å². The van der Waals surface area contributed by atoms with Gasteiger partial charge in [-0.2, -0.15) is 11.8 Å². The number of rotatable bonds is 3. The third-order valence-electron chi connectivity index (χ3n) is 3.88. The zero-order valence-corrected chi connectivity index (χ0v) is 15.2. The van der Waals surface area contributed by atoms with E-state index in [1.165, 1.54) is 0 Å². The van der Waals surface area contributed by atoms with Gasteiger partial charge in [-0.25, -0.2) is 4.98 Å². The highest BCUT2D eigenvalue weighted by molar-refractivity contribution is 7.99. The van der Waals surface area contributed by atoms with E-state index < -0.39 is 0 Å². The molecule has 3 aromatic rings. The Bertz CT molecular complexity index is 865. The Kier molecular flexibility index (Phi) is 4.17. The number of fused-ring (bicyclic) bond motifs is 3. The first-order valence-corrected chi connectivity index (χ1v) is 10.3. The Hall–Kier alpha value is -1.31. The van der Waals surface area contributed by atoms with E-state index in [2.05, 4.69) is 10.4 Å². The van der Waals surface area contributed by atoms with Crippen LogP contribution in [-0.2, 0) is 4.79 Å². The first kappa shape index (κ1) is 15.2. The summed E-state index contributed by atoms with van der Waals surface area (Å²) in [5.41, 5.74) is 1.05. The van der Waals surface area contributed by atoms with Crippen LogP contribution in [0, 0.1) is 6.92 Å². The van der Waals surface area contributed by atoms with E-state index in [9.17, 15) is 4.79 Å². The molecule has 1 aliphatic heterocycles. The van der Waals surface area contributed by atoms with Gasteiger partial charge in [-0.1, -0.05) is 0 Å². The number of aryl methyl sites for hydroxylation is 1. The minimum absolute atomic E-state index is 0.0780. The summed E-state index contributed by atoms with van der Waals surface area (Å²) >= 11 is 5.24. The van der Waals surface area contributed by atoms with Crippen molar-refractivity contribution in [2.45, 2.75) is 6.92 Å². The zero-order valence-electron chi connectivity index (χ0n) is 12.7. The van der Waals surface area contributed by atoms with Gasteiger partial charge in [-0.3, -0.25) is 4.79 Å². The molecule has 23 heavy (non-hydrogen) atoms. The van der Waals surface area contributed by atoms with Gasteiger partial charge in [0.2, 0.25) is 0 Å². The lowest BCUT2D eigenvalue weighted by Gasteiger charge is -2.26. The first-order chi connectivity index (χ1) is 11.2. The highest BCUT2D eigenvalue weighted by atomic mass is 32.2. The molecule has 0 atom stereocenters. The number of hydrogen-bond acceptors (Lipinski definition) is 6. The predicted octanol–water partition coefficient (Wildman–Crippen LogP) is 3.77. The van der Waals surface area contributed by atoms with Crippen molar-refractivity contribution >= 4 is 60.6 Å². The Morgan fingerprint density at radius 1 is 1.39 bits per heavy atom. The Labute approximate surface area is 146 Å². The molecule has 1 saturated heterocycles. The lowest BCUT2D eigenvalue weighted by molar-refractivity contribution is -0.132. The van der Waals surface area contributed by atoms with Crippen molar-refractivity contribution in [2.24, 2.45) is 0 Å². The average Bonchev–Trinajstić information content (AvgIpc) is 3.18. The van der Waals surface area contributed by atoms with Crippen molar-refractivity contribution in [2.75, 3.05) is 31.2 Å². The van der Waals surface area contributed by atoms with E-state index in [1.807, 2.05) is 35.7 Å². The molecule has 7 heteroatoms. The molecule has 120 valence electrons. The molecule has 0 saturated carbocycles. The monoisotopic (exact) mass is 364 g/mol. The molecular weight excluding hydrogens is 348 g/mol. The van der Waals surface area contributed by atoms with Crippen molar-refractivity contribution in [3.05, 3.63) is 22.5 Å². The highest BCUT2D eigenvalue weighted by Crippen LogP contribution is 2.38. The average molecular weight is 365 g/mol. The van der Waals surface area contributed by atoms with Gasteiger partial charge in [-0.15, -0.1) is 22.7 Å². The van der Waals surface area contributed by atoms with Crippen LogP contribution in [0.15, 0.2) is 17.5 Å². The van der Waals surface area contributed by atoms with E-state index >= 15 is 0 Å². The van der Waals surface area contributed by atoms with Gasteiger partial charge in [0.25, 0.3) is 5.91 Å². The number of carbonyl (C=O) groups excluding carboxylic acids is 1. The van der Waals surface area contributed by atoms with Crippen LogP contribution in [0.1, 0.15) is 5.01 Å². The number of thiophene rings is 1. The number of thiazole rings is 1. The number of amides is 1. The number of carbonyl (C=O) groups is 1. The summed E-state index contributed by atoms with van der Waals surface area (Å²) in [5.74, 6) is 2.91. The summed E-state index contributed by atoms with van der Waals surface area (Å²) in [6, 6.07) is 4.07. The lowest BCUT2D eigenvalue weighted by Crippen LogP contribution is -2.40. The summed E-state index contributed by atoms with van der Waals surface area (Å²) < 4.78 is 8.16. The number of benzene rings is 1. The van der Waals surface area contributed by atoms with E-state index in [1.54, 1.807) is 22.7 Å². The van der Waals surface area contributed by atoms with Crippen LogP contribution in [0.2, 0.25) is 0 Å². The van der Waals surface area contributed by atoms with E-state index in [-0.39, 0.29) is 12.5 Å². The second-order valence-corrected chi connectivity index (χ2v) is 8.78. The van der Waals surface area contributed by atoms with Crippen LogP contribution in [0.4, 0.5) is 0 Å². The standard InChI is InChI=1S/C16H16N2O2S3/c1-10-17-15-13(23-10)8-12(11-2-5-22-16(11)15)20-9-14(19)18-3-6-21-7-4-18/h2,5,8H,3-4,6-7,9H2,1H3. The molecule has 0 spiro atoms. The van der Waals surface area contributed by atoms with Crippen LogP contribution in [0.3, 0.4) is 0 Å². The molecule has 1 aliphatic rings. The molecule has 0 radical (unpaired) electrons. The summed E-state index contributed by atoms with van der Waals surface area (Å²) in [7, 11) is 0. The molecule has 4 rings (SSSR count). The van der Waals surface area contributed by atoms with Gasteiger partial charge in [-0.05, 0) is 18.4 Å². The lowest BCUT2D eigenvalue weighted by atomic mass is 10.2. The summed E-state index contributed by atoms with van der Waals surface area (Å²) in [6.07, 6.45) is 0. The van der Waals surface area contributed by atoms with Crippen LogP contribution in [-0.4, -0.2) is 47.0 Å². The minimum atomic E-state index is 0.0780. The van der Waals surface area contributed by atoms with Crippen LogP contribution >= 0.6 is 34.4 Å². The maximum atomic E-state index is 12.3. The van der Waals surface area contributed by atoms with E-state index in [4.69, 9.17) is 4.74 Å². The Morgan fingerprint density at radius 2 is 2.22 bits per heavy atom. The molecule has 4 nitrogen and oxygen atoms in total. The second-order valence-electron chi connectivity index (χ2n) is 5.40. The molecule has 0 bridgehead atoms. The third kappa shape index (κ3) is 2.93. The normalized spacial score (nSPS) is 15.4. The fourth-order valence-electron chi connectivity index (χ4n) is 2.75. The SMILES string of the molecule is Cc1nc2c(cc(OCC(=O)N3CCSCC3)c3ccsc32)s1. The maximum Gasteiger partial charge on any atom is 0.260 e. The molecule has 2 aromatic heterocycles. The maximum absolute atomic E-state index is 12.3. The quantitative estimate of drug-likeness (QED) is 0.709. The van der Waals surface area contributed by atoms with Crippen molar-refractivity contribution in [1.82, 2.24) is 9.88 Å². The predicted molar refractivity (Wildman–Crippen MR) is 99.1 cm³/mol. The molecule has 1 amide bonds. The second kappa shape index (κ2) is 6.30. The van der Waals surface area contributed by atoms with Gasteiger partial charge >= 0.3 is 0 Å². The molecule has 0 N–H and O–H groups in total. The van der Waals surface area contributed by atoms with Crippen LogP contribution in [0.5, 0.6) is 5.75 Å². The number of aromatic nitrogens is 1. The molecular formula is C16H16N2O2S3. The highest BCUT2D eigenvalue weighted by Gasteiger charge is 2.18. The topological polar surface area (TPSA) is 42.4 Å². The first-order valence-electron chi connectivity index (χ1n) is 7.48. The molecule has 1 fully saturated rings. The van der Waals surface area contributed by atoms with Crippen molar-refractivity contribution < 1.29 is 9.53 Å². The largest absolute Gasteiger partial charge is 0.483 e. The number of nitrogens with zero attached hydrogens (tertiary/aromatic N) is 2. The summed E-state index contributed by atoms with van der Waals surface area (Å²) in [4.78, 5) is 18.8. The molecule has 0 aliphatic carbocycles. The number of ether oxygens (including phenoxy) is 1. The fraction of sp³-hybridized carbons (Fsp3) is 0.375. The van der Waals surface area contributed by atoms with Crippen molar-refractivity contribution in [1.29, 1.82) is 0 Å². The molecule has 0 unspecified atom stereocenters. The fourth-order valence-corrected chi connectivity index (χ4v) is 5.49. The summed E-state index contributed by atoms with van der Waals surface area (Å²) in [5, 5.41) is 4.15. The van der Waals surface area contributed by atoms with Crippen molar-refractivity contribution in [3.8, 4) is 5.75 Å². The third-order valence-corrected chi connectivity index (χ3v) is 6.66. The van der Waals surface area contributed by atoms with Crippen LogP contribution < -0.4 is 4.74 Å². The minimum Gasteiger partial charge on any atom is -0.483 e. The number of hydrogen-bond donors (Lipinski definition) is 0. The zero-order chi connectivity index (χ0) is 15.8. The number of thioether (sulfide) groups is 1. The summed E-state index contributed by atoms with van der Waals surface area (Å²) in [6.45, 7) is 3.78. The van der Waals surface area contributed by atoms with Crippen molar-refractivity contribution in [3.63, 3.8) is 0 Å². The molecule has 3 heterocycles. The van der Waals surface area contributed by atoms with E-state index in [0.717, 1.165) is 55.7 Å².